The van der Waals surface area contributed by atoms with Crippen LogP contribution in [0.2, 0.25) is 5.02 Å². The second-order valence-corrected chi connectivity index (χ2v) is 14.8. The Morgan fingerprint density at radius 2 is 1.59 bits per heavy atom. The Hall–Kier alpha value is -5.78. The number of anilines is 1. The van der Waals surface area contributed by atoms with Gasteiger partial charge in [0.1, 0.15) is 5.60 Å². The quantitative estimate of drug-likeness (QED) is 0.243. The van der Waals surface area contributed by atoms with Crippen LogP contribution in [0.4, 0.5) is 23.7 Å². The highest BCUT2D eigenvalue weighted by Gasteiger charge is 2.39. The first-order valence-electron chi connectivity index (χ1n) is 17.7. The summed E-state index contributed by atoms with van der Waals surface area (Å²) in [5.41, 5.74) is -1.61. The van der Waals surface area contributed by atoms with Crippen molar-refractivity contribution in [2.75, 3.05) is 44.6 Å². The van der Waals surface area contributed by atoms with E-state index in [1.807, 2.05) is 0 Å². The van der Waals surface area contributed by atoms with Gasteiger partial charge in [0.2, 0.25) is 5.91 Å². The number of aromatic nitrogens is 5. The lowest BCUT2D eigenvalue weighted by Gasteiger charge is -2.38. The third-order valence-electron chi connectivity index (χ3n) is 9.42. The lowest BCUT2D eigenvalue weighted by Crippen LogP contribution is -2.53. The molecular weight excluding hydrogens is 759 g/mol. The third-order valence-corrected chi connectivity index (χ3v) is 9.74. The average molecular weight is 798 g/mol. The summed E-state index contributed by atoms with van der Waals surface area (Å²) in [5.74, 6) is -1.51. The number of aldehydes is 1. The highest BCUT2D eigenvalue weighted by Crippen LogP contribution is 2.37. The summed E-state index contributed by atoms with van der Waals surface area (Å²) in [7, 11) is 1.38. The van der Waals surface area contributed by atoms with Crippen LogP contribution >= 0.6 is 11.6 Å². The Balaban J connectivity index is 1.06. The second-order valence-electron chi connectivity index (χ2n) is 14.4. The number of pyridine rings is 1. The topological polar surface area (TPSA) is 165 Å². The molecule has 0 saturated carbocycles. The van der Waals surface area contributed by atoms with E-state index in [-0.39, 0.29) is 75.6 Å². The van der Waals surface area contributed by atoms with Gasteiger partial charge in [-0.15, -0.1) is 0 Å². The molecule has 296 valence electrons. The van der Waals surface area contributed by atoms with Gasteiger partial charge in [-0.2, -0.15) is 18.3 Å². The van der Waals surface area contributed by atoms with Crippen molar-refractivity contribution in [3.05, 3.63) is 76.6 Å². The summed E-state index contributed by atoms with van der Waals surface area (Å²) in [5, 5.41) is 6.36. The summed E-state index contributed by atoms with van der Waals surface area (Å²) in [6, 6.07) is 7.05. The number of hydrogen-bond acceptors (Lipinski definition) is 9. The fraction of sp³-hybridized carbons (Fsp3) is 0.405. The summed E-state index contributed by atoms with van der Waals surface area (Å²) in [6.45, 7) is 7.52. The van der Waals surface area contributed by atoms with Crippen molar-refractivity contribution in [3.8, 4) is 17.1 Å². The van der Waals surface area contributed by atoms with Crippen molar-refractivity contribution >= 4 is 47.4 Å². The van der Waals surface area contributed by atoms with E-state index < -0.39 is 29.5 Å². The number of rotatable bonds is 7. The van der Waals surface area contributed by atoms with Gasteiger partial charge >= 0.3 is 12.3 Å². The Morgan fingerprint density at radius 1 is 0.911 bits per heavy atom. The number of alkyl halides is 3. The summed E-state index contributed by atoms with van der Waals surface area (Å²) < 4.78 is 49.8. The first kappa shape index (κ1) is 39.9. The predicted octanol–water partition coefficient (Wildman–Crippen LogP) is 5.34. The molecule has 2 aliphatic heterocycles. The maximum atomic E-state index is 14.1. The number of amides is 4. The highest BCUT2D eigenvalue weighted by atomic mass is 35.5. The second kappa shape index (κ2) is 15.8. The van der Waals surface area contributed by atoms with E-state index in [9.17, 15) is 37.1 Å². The number of imidazole rings is 1. The molecule has 0 atom stereocenters. The summed E-state index contributed by atoms with van der Waals surface area (Å²) in [4.78, 5) is 76.4. The lowest BCUT2D eigenvalue weighted by molar-refractivity contribution is -0.141. The van der Waals surface area contributed by atoms with Gasteiger partial charge in [0.15, 0.2) is 23.6 Å². The van der Waals surface area contributed by atoms with E-state index >= 15 is 0 Å². The van der Waals surface area contributed by atoms with E-state index in [4.69, 9.17) is 16.3 Å². The van der Waals surface area contributed by atoms with Crippen LogP contribution in [0.15, 0.2) is 48.9 Å². The molecule has 2 aliphatic rings. The number of likely N-dealkylation sites (tertiary alicyclic amines) is 1. The number of carbonyl (C=O) groups excluding carboxylic acids is 5. The van der Waals surface area contributed by atoms with E-state index in [0.717, 1.165) is 17.1 Å². The zero-order valence-electron chi connectivity index (χ0n) is 31.0. The van der Waals surface area contributed by atoms with Crippen molar-refractivity contribution in [1.82, 2.24) is 39.0 Å². The molecular formula is C37H39ClF3N9O6. The maximum Gasteiger partial charge on any atom is 0.435 e. The highest BCUT2D eigenvalue weighted by molar-refractivity contribution is 6.34. The Labute approximate surface area is 324 Å². The van der Waals surface area contributed by atoms with Gasteiger partial charge in [-0.05, 0) is 63.9 Å². The summed E-state index contributed by atoms with van der Waals surface area (Å²) in [6.07, 6.45) is -0.219. The molecule has 0 bridgehead atoms. The Bertz CT molecular complexity index is 2150. The summed E-state index contributed by atoms with van der Waals surface area (Å²) >= 11 is 6.51. The average Bonchev–Trinajstić information content (AvgIpc) is 3.78. The number of piperidine rings is 1. The fourth-order valence-corrected chi connectivity index (χ4v) is 6.77. The molecule has 4 amide bonds. The maximum absolute atomic E-state index is 14.1. The number of nitrogens with zero attached hydrogens (tertiary/aromatic N) is 8. The van der Waals surface area contributed by atoms with Crippen LogP contribution in [0, 0.1) is 5.92 Å². The van der Waals surface area contributed by atoms with Crippen LogP contribution in [0.3, 0.4) is 0 Å². The van der Waals surface area contributed by atoms with Crippen molar-refractivity contribution < 1.29 is 41.9 Å². The minimum Gasteiger partial charge on any atom is -0.444 e. The fourth-order valence-electron chi connectivity index (χ4n) is 6.51. The molecule has 1 N–H and O–H groups in total. The third kappa shape index (κ3) is 8.69. The number of nitrogens with one attached hydrogen (secondary N) is 1. The molecule has 3 aromatic heterocycles. The van der Waals surface area contributed by atoms with Gasteiger partial charge in [0, 0.05) is 75.9 Å². The molecule has 6 rings (SSSR count). The van der Waals surface area contributed by atoms with Crippen molar-refractivity contribution in [2.45, 2.75) is 45.4 Å². The first-order chi connectivity index (χ1) is 26.4. The van der Waals surface area contributed by atoms with Gasteiger partial charge in [-0.1, -0.05) is 11.6 Å². The van der Waals surface area contributed by atoms with Crippen molar-refractivity contribution in [1.29, 1.82) is 0 Å². The first-order valence-corrected chi connectivity index (χ1v) is 18.1. The molecule has 5 heterocycles. The van der Waals surface area contributed by atoms with Crippen LogP contribution in [-0.4, -0.2) is 114 Å². The Morgan fingerprint density at radius 3 is 2.18 bits per heavy atom. The molecule has 0 spiro atoms. The standard InChI is InChI=1S/C37H39ClF3N9O6/c1-36(2,3)56-35(55)49-11-9-23(10-12-49)33(53)47-13-15-48(16-14-47)34(54)25-7-6-24(17-27(25)38)44-32(52)31-43-19-28(46(31)4)26-20-50(45-30(26)37(39,40)41)29-8-5-22(21-51)18-42-29/h5-8,17-21,23H,9-16H2,1-4H3,(H,44,52). The molecule has 15 nitrogen and oxygen atoms in total. The molecule has 2 fully saturated rings. The largest absolute Gasteiger partial charge is 0.444 e. The molecule has 0 unspecified atom stereocenters. The molecule has 1 aromatic carbocycles. The van der Waals surface area contributed by atoms with Crippen molar-refractivity contribution in [3.63, 3.8) is 0 Å². The van der Waals surface area contributed by atoms with Gasteiger partial charge in [0.05, 0.1) is 28.0 Å². The van der Waals surface area contributed by atoms with E-state index in [1.165, 1.54) is 48.1 Å². The lowest BCUT2D eigenvalue weighted by atomic mass is 9.95. The number of hydrogen-bond donors (Lipinski definition) is 1. The molecule has 19 heteroatoms. The molecule has 2 saturated heterocycles. The monoisotopic (exact) mass is 797 g/mol. The Kier molecular flexibility index (Phi) is 11.2. The van der Waals surface area contributed by atoms with Crippen LogP contribution < -0.4 is 5.32 Å². The minimum absolute atomic E-state index is 0.00527. The smallest absolute Gasteiger partial charge is 0.435 e. The van der Waals surface area contributed by atoms with Crippen LogP contribution in [0.1, 0.15) is 70.6 Å². The molecule has 0 aliphatic carbocycles. The predicted molar refractivity (Wildman–Crippen MR) is 196 cm³/mol. The van der Waals surface area contributed by atoms with Gasteiger partial charge in [-0.3, -0.25) is 19.2 Å². The van der Waals surface area contributed by atoms with Gasteiger partial charge < -0.3 is 29.3 Å². The van der Waals surface area contributed by atoms with E-state index in [0.29, 0.717) is 45.3 Å². The van der Waals surface area contributed by atoms with Gasteiger partial charge in [-0.25, -0.2) is 19.4 Å². The van der Waals surface area contributed by atoms with Gasteiger partial charge in [0.25, 0.3) is 11.8 Å². The van der Waals surface area contributed by atoms with E-state index in [2.05, 4.69) is 20.4 Å². The minimum atomic E-state index is -4.86. The zero-order valence-corrected chi connectivity index (χ0v) is 31.7. The number of benzene rings is 1. The van der Waals surface area contributed by atoms with Crippen LogP contribution in [0.5, 0.6) is 0 Å². The van der Waals surface area contributed by atoms with Crippen LogP contribution in [0.25, 0.3) is 17.1 Å². The van der Waals surface area contributed by atoms with Crippen molar-refractivity contribution in [2.24, 2.45) is 13.0 Å². The van der Waals surface area contributed by atoms with E-state index in [1.54, 1.807) is 35.5 Å². The number of carbonyl (C=O) groups is 5. The zero-order chi connectivity index (χ0) is 40.5. The number of ether oxygens (including phenoxy) is 1. The molecule has 0 radical (unpaired) electrons. The molecule has 56 heavy (non-hydrogen) atoms. The SMILES string of the molecule is Cn1c(-c2cn(-c3ccc(C=O)cn3)nc2C(F)(F)F)cnc1C(=O)Nc1ccc(C(=O)N2CCN(C(=O)C3CCN(C(=O)OC(C)(C)C)CC3)CC2)c(Cl)c1. The number of halogens is 4. The molecule has 4 aromatic rings. The van der Waals surface area contributed by atoms with Crippen LogP contribution in [-0.2, 0) is 22.8 Å². The normalized spacial score (nSPS) is 15.5. The number of piperazine rings is 1.